The summed E-state index contributed by atoms with van der Waals surface area (Å²) in [5.41, 5.74) is 6.22. The Hall–Kier alpha value is -1.59. The lowest BCUT2D eigenvalue weighted by Crippen LogP contribution is -2.39. The molecule has 2 atom stereocenters. The number of benzene rings is 1. The molecule has 21 heavy (non-hydrogen) atoms. The lowest BCUT2D eigenvalue weighted by Gasteiger charge is -2.22. The molecule has 2 rings (SSSR count). The van der Waals surface area contributed by atoms with Crippen LogP contribution < -0.4 is 10.5 Å². The number of aromatic nitrogens is 3. The van der Waals surface area contributed by atoms with Gasteiger partial charge in [-0.3, -0.25) is 0 Å². The van der Waals surface area contributed by atoms with Gasteiger partial charge in [0.1, 0.15) is 24.0 Å². The van der Waals surface area contributed by atoms with Crippen LogP contribution in [0.15, 0.2) is 30.6 Å². The van der Waals surface area contributed by atoms with Gasteiger partial charge in [-0.25, -0.2) is 9.67 Å². The van der Waals surface area contributed by atoms with Crippen LogP contribution in [0.4, 0.5) is 0 Å². The third-order valence-electron chi connectivity index (χ3n) is 3.28. The Bertz CT molecular complexity index is 585. The molecule has 1 heterocycles. The van der Waals surface area contributed by atoms with E-state index in [1.165, 1.54) is 0 Å². The minimum Gasteiger partial charge on any atom is -0.489 e. The Morgan fingerprint density at radius 2 is 2.10 bits per heavy atom. The monoisotopic (exact) mass is 308 g/mol. The summed E-state index contributed by atoms with van der Waals surface area (Å²) in [5, 5.41) is 4.86. The van der Waals surface area contributed by atoms with E-state index in [9.17, 15) is 0 Å². The van der Waals surface area contributed by atoms with Crippen LogP contribution in [0.1, 0.15) is 32.6 Å². The highest BCUT2D eigenvalue weighted by atomic mass is 35.5. The first-order chi connectivity index (χ1) is 9.97. The van der Waals surface area contributed by atoms with Crippen molar-refractivity contribution in [3.8, 4) is 5.75 Å². The normalized spacial score (nSPS) is 14.2. The second kappa shape index (κ2) is 6.91. The predicted molar refractivity (Wildman–Crippen MR) is 83.6 cm³/mol. The second-order valence-corrected chi connectivity index (χ2v) is 5.80. The van der Waals surface area contributed by atoms with Crippen molar-refractivity contribution in [1.29, 1.82) is 0 Å². The molecule has 0 spiro atoms. The molecule has 6 heteroatoms. The van der Waals surface area contributed by atoms with Gasteiger partial charge in [0.05, 0.1) is 0 Å². The van der Waals surface area contributed by atoms with Crippen molar-refractivity contribution in [2.45, 2.75) is 45.4 Å². The maximum absolute atomic E-state index is 6.22. The highest BCUT2D eigenvalue weighted by Gasteiger charge is 2.19. The van der Waals surface area contributed by atoms with E-state index in [2.05, 4.69) is 23.9 Å². The predicted octanol–water partition coefficient (Wildman–Crippen LogP) is 2.85. The summed E-state index contributed by atoms with van der Waals surface area (Å²) < 4.78 is 7.72. The van der Waals surface area contributed by atoms with Crippen molar-refractivity contribution in [3.05, 3.63) is 41.4 Å². The van der Waals surface area contributed by atoms with Gasteiger partial charge in [0.2, 0.25) is 0 Å². The Kier molecular flexibility index (Phi) is 5.20. The molecular formula is C15H21ClN4O. The van der Waals surface area contributed by atoms with Crippen LogP contribution in [0.3, 0.4) is 0 Å². The molecule has 0 amide bonds. The van der Waals surface area contributed by atoms with Crippen LogP contribution in [-0.4, -0.2) is 26.9 Å². The Balaban J connectivity index is 1.99. The number of hydrogen-bond donors (Lipinski definition) is 1. The molecule has 0 aliphatic heterocycles. The number of rotatable bonds is 6. The van der Waals surface area contributed by atoms with E-state index in [1.54, 1.807) is 12.4 Å². The summed E-state index contributed by atoms with van der Waals surface area (Å²) in [6.45, 7) is 6.08. The fourth-order valence-electron chi connectivity index (χ4n) is 2.07. The standard InChI is InChI=1S/C15H21ClN4O/c1-10(2)20-15(18-9-19-20)8-14(17)11(3)21-13-6-4-5-12(16)7-13/h4-7,9-11,14H,8,17H2,1-3H3. The summed E-state index contributed by atoms with van der Waals surface area (Å²) in [7, 11) is 0. The van der Waals surface area contributed by atoms with Gasteiger partial charge in [-0.2, -0.15) is 5.10 Å². The molecule has 0 radical (unpaired) electrons. The minimum absolute atomic E-state index is 0.152. The van der Waals surface area contributed by atoms with Gasteiger partial charge in [0.25, 0.3) is 0 Å². The summed E-state index contributed by atoms with van der Waals surface area (Å²) in [6, 6.07) is 7.40. The lowest BCUT2D eigenvalue weighted by molar-refractivity contribution is 0.187. The highest BCUT2D eigenvalue weighted by molar-refractivity contribution is 6.30. The molecule has 2 unspecified atom stereocenters. The number of nitrogens with zero attached hydrogens (tertiary/aromatic N) is 3. The zero-order valence-electron chi connectivity index (χ0n) is 12.5. The van der Waals surface area contributed by atoms with Crippen LogP contribution in [0.5, 0.6) is 5.75 Å². The third kappa shape index (κ3) is 4.19. The van der Waals surface area contributed by atoms with E-state index in [0.717, 1.165) is 11.6 Å². The average molecular weight is 309 g/mol. The number of hydrogen-bond acceptors (Lipinski definition) is 4. The summed E-state index contributed by atoms with van der Waals surface area (Å²) in [6.07, 6.45) is 2.02. The second-order valence-electron chi connectivity index (χ2n) is 5.36. The Labute approximate surface area is 130 Å². The minimum atomic E-state index is -0.175. The summed E-state index contributed by atoms with van der Waals surface area (Å²) >= 11 is 5.95. The van der Waals surface area contributed by atoms with E-state index < -0.39 is 0 Å². The fraction of sp³-hybridized carbons (Fsp3) is 0.467. The topological polar surface area (TPSA) is 66.0 Å². The summed E-state index contributed by atoms with van der Waals surface area (Å²) in [5.74, 6) is 1.59. The third-order valence-corrected chi connectivity index (χ3v) is 3.51. The van der Waals surface area contributed by atoms with Crippen molar-refractivity contribution in [1.82, 2.24) is 14.8 Å². The number of nitrogens with two attached hydrogens (primary N) is 1. The van der Waals surface area contributed by atoms with Crippen LogP contribution in [-0.2, 0) is 6.42 Å². The molecule has 114 valence electrons. The molecule has 0 aliphatic rings. The first-order valence-electron chi connectivity index (χ1n) is 7.03. The fourth-order valence-corrected chi connectivity index (χ4v) is 2.25. The molecule has 0 fully saturated rings. The van der Waals surface area contributed by atoms with Gasteiger partial charge in [-0.15, -0.1) is 0 Å². The van der Waals surface area contributed by atoms with E-state index in [1.807, 2.05) is 29.8 Å². The first-order valence-corrected chi connectivity index (χ1v) is 7.41. The SMILES string of the molecule is CC(Oc1cccc(Cl)c1)C(N)Cc1ncnn1C(C)C. The molecule has 0 aliphatic carbocycles. The molecule has 0 saturated carbocycles. The van der Waals surface area contributed by atoms with E-state index in [-0.39, 0.29) is 18.2 Å². The quantitative estimate of drug-likeness (QED) is 0.891. The van der Waals surface area contributed by atoms with Gasteiger partial charge in [-0.05, 0) is 39.0 Å². The van der Waals surface area contributed by atoms with Crippen LogP contribution >= 0.6 is 11.6 Å². The van der Waals surface area contributed by atoms with E-state index in [4.69, 9.17) is 22.1 Å². The van der Waals surface area contributed by atoms with Crippen molar-refractivity contribution >= 4 is 11.6 Å². The van der Waals surface area contributed by atoms with Gasteiger partial charge >= 0.3 is 0 Å². The van der Waals surface area contributed by atoms with Crippen molar-refractivity contribution in [2.24, 2.45) is 5.73 Å². The van der Waals surface area contributed by atoms with E-state index in [0.29, 0.717) is 11.4 Å². The maximum Gasteiger partial charge on any atom is 0.138 e. The van der Waals surface area contributed by atoms with Crippen LogP contribution in [0, 0.1) is 0 Å². The lowest BCUT2D eigenvalue weighted by atomic mass is 10.1. The number of ether oxygens (including phenoxy) is 1. The molecule has 1 aromatic carbocycles. The van der Waals surface area contributed by atoms with Crippen LogP contribution in [0.25, 0.3) is 0 Å². The van der Waals surface area contributed by atoms with Crippen molar-refractivity contribution in [3.63, 3.8) is 0 Å². The molecule has 1 aromatic heterocycles. The van der Waals surface area contributed by atoms with Gasteiger partial charge in [0, 0.05) is 23.5 Å². The van der Waals surface area contributed by atoms with Crippen molar-refractivity contribution < 1.29 is 4.74 Å². The smallest absolute Gasteiger partial charge is 0.138 e. The van der Waals surface area contributed by atoms with Crippen LogP contribution in [0.2, 0.25) is 5.02 Å². The first kappa shape index (κ1) is 15.8. The molecule has 0 bridgehead atoms. The van der Waals surface area contributed by atoms with Gasteiger partial charge in [-0.1, -0.05) is 17.7 Å². The molecular weight excluding hydrogens is 288 g/mol. The molecule has 5 nitrogen and oxygen atoms in total. The van der Waals surface area contributed by atoms with Crippen molar-refractivity contribution in [2.75, 3.05) is 0 Å². The molecule has 2 N–H and O–H groups in total. The largest absolute Gasteiger partial charge is 0.489 e. The van der Waals surface area contributed by atoms with Gasteiger partial charge < -0.3 is 10.5 Å². The zero-order chi connectivity index (χ0) is 15.4. The maximum atomic E-state index is 6.22. The Morgan fingerprint density at radius 3 is 2.76 bits per heavy atom. The number of halogens is 1. The molecule has 0 saturated heterocycles. The summed E-state index contributed by atoms with van der Waals surface area (Å²) in [4.78, 5) is 4.28. The molecule has 2 aromatic rings. The zero-order valence-corrected chi connectivity index (χ0v) is 13.3. The van der Waals surface area contributed by atoms with Gasteiger partial charge in [0.15, 0.2) is 0 Å². The Morgan fingerprint density at radius 1 is 1.33 bits per heavy atom. The van der Waals surface area contributed by atoms with E-state index >= 15 is 0 Å². The average Bonchev–Trinajstić information content (AvgIpc) is 2.87. The highest BCUT2D eigenvalue weighted by Crippen LogP contribution is 2.19.